The van der Waals surface area contributed by atoms with E-state index in [4.69, 9.17) is 14.2 Å². The highest BCUT2D eigenvalue weighted by Gasteiger charge is 2.16. The van der Waals surface area contributed by atoms with E-state index in [1.807, 2.05) is 30.3 Å². The number of carbonyl (C=O) groups is 2. The molecule has 3 aromatic rings. The number of methoxy groups -OCH3 is 1. The largest absolute Gasteiger partial charge is 0.496 e. The maximum atomic E-state index is 12.6. The highest BCUT2D eigenvalue weighted by Crippen LogP contribution is 2.25. The zero-order valence-electron chi connectivity index (χ0n) is 16.0. The maximum absolute atomic E-state index is 12.6. The molecule has 0 atom stereocenters. The van der Waals surface area contributed by atoms with E-state index in [0.717, 1.165) is 5.56 Å². The normalized spacial score (nSPS) is 10.1. The first kappa shape index (κ1) is 19.9. The van der Waals surface area contributed by atoms with Gasteiger partial charge in [-0.2, -0.15) is 0 Å². The van der Waals surface area contributed by atoms with Crippen molar-refractivity contribution in [3.8, 4) is 11.5 Å². The van der Waals surface area contributed by atoms with Crippen LogP contribution in [0.3, 0.4) is 0 Å². The van der Waals surface area contributed by atoms with Crippen LogP contribution in [0.1, 0.15) is 31.8 Å². The summed E-state index contributed by atoms with van der Waals surface area (Å²) >= 11 is 0. The second-order valence-corrected chi connectivity index (χ2v) is 6.10. The van der Waals surface area contributed by atoms with Gasteiger partial charge in [0.05, 0.1) is 18.2 Å². The van der Waals surface area contributed by atoms with Crippen LogP contribution in [-0.2, 0) is 11.3 Å². The second-order valence-electron chi connectivity index (χ2n) is 6.10. The number of esters is 2. The highest BCUT2D eigenvalue weighted by molar-refractivity contribution is 5.96. The lowest BCUT2D eigenvalue weighted by Gasteiger charge is -2.11. The molecule has 5 nitrogen and oxygen atoms in total. The van der Waals surface area contributed by atoms with Crippen LogP contribution in [0.5, 0.6) is 11.5 Å². The summed E-state index contributed by atoms with van der Waals surface area (Å²) in [6.45, 7) is 3.89. The van der Waals surface area contributed by atoms with Gasteiger partial charge < -0.3 is 14.2 Å². The Balaban J connectivity index is 1.72. The number of rotatable bonds is 7. The molecule has 3 aromatic carbocycles. The van der Waals surface area contributed by atoms with Gasteiger partial charge in [0.25, 0.3) is 0 Å². The standard InChI is InChI=1S/C24H20O5/c1-3-20-21(13-8-14-22(20)27-2)24(26)29-19-12-7-11-18(15-19)23(25)28-16-17-9-5-4-6-10-17/h3-15H,1,16H2,2H3. The first-order valence-electron chi connectivity index (χ1n) is 8.95. The van der Waals surface area contributed by atoms with Gasteiger partial charge >= 0.3 is 11.9 Å². The summed E-state index contributed by atoms with van der Waals surface area (Å²) in [4.78, 5) is 24.9. The molecule has 0 radical (unpaired) electrons. The zero-order chi connectivity index (χ0) is 20.6. The van der Waals surface area contributed by atoms with Gasteiger partial charge in [0, 0.05) is 5.56 Å². The lowest BCUT2D eigenvalue weighted by atomic mass is 10.1. The Morgan fingerprint density at radius 3 is 2.41 bits per heavy atom. The van der Waals surface area contributed by atoms with Crippen LogP contribution in [0.15, 0.2) is 79.4 Å². The Morgan fingerprint density at radius 1 is 0.931 bits per heavy atom. The third-order valence-corrected chi connectivity index (χ3v) is 4.20. The molecule has 0 aliphatic rings. The van der Waals surface area contributed by atoms with E-state index in [-0.39, 0.29) is 12.4 Å². The molecule has 29 heavy (non-hydrogen) atoms. The van der Waals surface area contributed by atoms with E-state index >= 15 is 0 Å². The van der Waals surface area contributed by atoms with Gasteiger partial charge in [-0.3, -0.25) is 0 Å². The number of carbonyl (C=O) groups excluding carboxylic acids is 2. The first-order valence-corrected chi connectivity index (χ1v) is 8.95. The third-order valence-electron chi connectivity index (χ3n) is 4.20. The van der Waals surface area contributed by atoms with Crippen molar-refractivity contribution in [2.75, 3.05) is 7.11 Å². The molecule has 0 bridgehead atoms. The summed E-state index contributed by atoms with van der Waals surface area (Å²) in [7, 11) is 1.52. The monoisotopic (exact) mass is 388 g/mol. The first-order chi connectivity index (χ1) is 14.1. The van der Waals surface area contributed by atoms with E-state index in [1.54, 1.807) is 36.4 Å². The van der Waals surface area contributed by atoms with Gasteiger partial charge in [0.15, 0.2) is 0 Å². The SMILES string of the molecule is C=Cc1c(OC)cccc1C(=O)Oc1cccc(C(=O)OCc2ccccc2)c1. The Hall–Kier alpha value is -3.86. The number of hydrogen-bond acceptors (Lipinski definition) is 5. The van der Waals surface area contributed by atoms with Gasteiger partial charge in [-0.05, 0) is 35.9 Å². The van der Waals surface area contributed by atoms with Crippen LogP contribution in [0.2, 0.25) is 0 Å². The molecule has 0 heterocycles. The second kappa shape index (κ2) is 9.37. The van der Waals surface area contributed by atoms with Crippen molar-refractivity contribution in [1.29, 1.82) is 0 Å². The van der Waals surface area contributed by atoms with Crippen molar-refractivity contribution in [3.05, 3.63) is 102 Å². The number of hydrogen-bond donors (Lipinski definition) is 0. The molecule has 0 amide bonds. The highest BCUT2D eigenvalue weighted by atomic mass is 16.5. The fourth-order valence-corrected chi connectivity index (χ4v) is 2.77. The summed E-state index contributed by atoms with van der Waals surface area (Å²) < 4.78 is 16.0. The lowest BCUT2D eigenvalue weighted by molar-refractivity contribution is 0.0471. The van der Waals surface area contributed by atoms with E-state index in [2.05, 4.69) is 6.58 Å². The Morgan fingerprint density at radius 2 is 1.69 bits per heavy atom. The smallest absolute Gasteiger partial charge is 0.344 e. The molecule has 0 saturated carbocycles. The summed E-state index contributed by atoms with van der Waals surface area (Å²) in [5, 5.41) is 0. The molecule has 146 valence electrons. The Kier molecular flexibility index (Phi) is 6.43. The molecular weight excluding hydrogens is 368 g/mol. The minimum atomic E-state index is -0.575. The van der Waals surface area contributed by atoms with E-state index < -0.39 is 11.9 Å². The van der Waals surface area contributed by atoms with Gasteiger partial charge in [0.1, 0.15) is 18.1 Å². The third kappa shape index (κ3) is 4.90. The van der Waals surface area contributed by atoms with Gasteiger partial charge in [-0.1, -0.05) is 55.1 Å². The molecule has 0 aliphatic heterocycles. The van der Waals surface area contributed by atoms with Crippen LogP contribution < -0.4 is 9.47 Å². The van der Waals surface area contributed by atoms with Crippen molar-refractivity contribution in [2.24, 2.45) is 0 Å². The minimum Gasteiger partial charge on any atom is -0.496 e. The molecule has 0 aliphatic carbocycles. The number of ether oxygens (including phenoxy) is 3. The van der Waals surface area contributed by atoms with Gasteiger partial charge in [-0.15, -0.1) is 0 Å². The Bertz CT molecular complexity index is 1020. The van der Waals surface area contributed by atoms with E-state index in [1.165, 1.54) is 19.3 Å². The average Bonchev–Trinajstić information content (AvgIpc) is 2.77. The fraction of sp³-hybridized carbons (Fsp3) is 0.0833. The van der Waals surface area contributed by atoms with E-state index in [9.17, 15) is 9.59 Å². The molecule has 0 fully saturated rings. The molecule has 0 unspecified atom stereocenters. The molecule has 0 saturated heterocycles. The summed E-state index contributed by atoms with van der Waals surface area (Å²) in [5.41, 5.74) is 2.04. The number of benzene rings is 3. The van der Waals surface area contributed by atoms with Crippen LogP contribution in [0, 0.1) is 0 Å². The van der Waals surface area contributed by atoms with Crippen LogP contribution in [0.25, 0.3) is 6.08 Å². The lowest BCUT2D eigenvalue weighted by Crippen LogP contribution is -2.11. The topological polar surface area (TPSA) is 61.8 Å². The molecule has 0 spiro atoms. The van der Waals surface area contributed by atoms with E-state index in [0.29, 0.717) is 22.4 Å². The quantitative estimate of drug-likeness (QED) is 0.425. The predicted molar refractivity (Wildman–Crippen MR) is 110 cm³/mol. The fourth-order valence-electron chi connectivity index (χ4n) is 2.77. The van der Waals surface area contributed by atoms with Crippen molar-refractivity contribution in [2.45, 2.75) is 6.61 Å². The maximum Gasteiger partial charge on any atom is 0.344 e. The van der Waals surface area contributed by atoms with Crippen molar-refractivity contribution in [1.82, 2.24) is 0 Å². The van der Waals surface area contributed by atoms with Gasteiger partial charge in [-0.25, -0.2) is 9.59 Å². The molecule has 3 rings (SSSR count). The predicted octanol–water partition coefficient (Wildman–Crippen LogP) is 4.91. The zero-order valence-corrected chi connectivity index (χ0v) is 16.0. The van der Waals surface area contributed by atoms with Crippen LogP contribution >= 0.6 is 0 Å². The summed E-state index contributed by atoms with van der Waals surface area (Å²) in [6.07, 6.45) is 1.53. The minimum absolute atomic E-state index is 0.163. The van der Waals surface area contributed by atoms with Crippen LogP contribution in [-0.4, -0.2) is 19.0 Å². The van der Waals surface area contributed by atoms with Crippen molar-refractivity contribution >= 4 is 18.0 Å². The molecule has 0 N–H and O–H groups in total. The van der Waals surface area contributed by atoms with Crippen LogP contribution in [0.4, 0.5) is 0 Å². The summed E-state index contributed by atoms with van der Waals surface area (Å²) in [5.74, 6) is -0.316. The molecule has 0 aromatic heterocycles. The average molecular weight is 388 g/mol. The van der Waals surface area contributed by atoms with Crippen molar-refractivity contribution < 1.29 is 23.8 Å². The summed E-state index contributed by atoms with van der Waals surface area (Å²) in [6, 6.07) is 20.7. The Labute approximate surface area is 169 Å². The molecular formula is C24H20O5. The van der Waals surface area contributed by atoms with Gasteiger partial charge in [0.2, 0.25) is 0 Å². The van der Waals surface area contributed by atoms with Crippen molar-refractivity contribution in [3.63, 3.8) is 0 Å². The molecule has 5 heteroatoms.